The van der Waals surface area contributed by atoms with Crippen molar-refractivity contribution in [2.45, 2.75) is 6.54 Å². The fourth-order valence-electron chi connectivity index (χ4n) is 1.67. The average molecular weight is 251 g/mol. The second-order valence-electron chi connectivity index (χ2n) is 4.06. The smallest absolute Gasteiger partial charge is 0.234 e. The van der Waals surface area contributed by atoms with Gasteiger partial charge in [0.05, 0.1) is 13.2 Å². The van der Waals surface area contributed by atoms with Crippen molar-refractivity contribution in [3.8, 4) is 0 Å². The number of amides is 1. The second-order valence-corrected chi connectivity index (χ2v) is 4.06. The molecule has 100 valence electrons. The number of aliphatic hydroxyl groups excluding tert-OH is 1. The monoisotopic (exact) mass is 251 g/mol. The molecule has 5 heteroatoms. The van der Waals surface area contributed by atoms with Gasteiger partial charge >= 0.3 is 0 Å². The van der Waals surface area contributed by atoms with Crippen LogP contribution in [0.15, 0.2) is 30.3 Å². The Bertz CT molecular complexity index is 343. The number of rotatable bonds is 8. The zero-order valence-corrected chi connectivity index (χ0v) is 10.5. The van der Waals surface area contributed by atoms with Crippen molar-refractivity contribution < 1.29 is 9.90 Å². The fourth-order valence-corrected chi connectivity index (χ4v) is 1.67. The van der Waals surface area contributed by atoms with Crippen molar-refractivity contribution in [3.63, 3.8) is 0 Å². The number of benzene rings is 1. The third-order valence-electron chi connectivity index (χ3n) is 2.50. The van der Waals surface area contributed by atoms with E-state index in [4.69, 9.17) is 10.8 Å². The van der Waals surface area contributed by atoms with E-state index in [0.29, 0.717) is 26.2 Å². The van der Waals surface area contributed by atoms with Crippen LogP contribution in [0.3, 0.4) is 0 Å². The molecule has 0 unspecified atom stereocenters. The number of nitrogens with one attached hydrogen (secondary N) is 1. The summed E-state index contributed by atoms with van der Waals surface area (Å²) in [6.45, 7) is 2.36. The van der Waals surface area contributed by atoms with Gasteiger partial charge in [0.25, 0.3) is 0 Å². The molecule has 0 radical (unpaired) electrons. The predicted octanol–water partition coefficient (Wildman–Crippen LogP) is -0.444. The summed E-state index contributed by atoms with van der Waals surface area (Å²) in [5.41, 5.74) is 6.44. The Balaban J connectivity index is 2.46. The van der Waals surface area contributed by atoms with Gasteiger partial charge in [-0.1, -0.05) is 30.3 Å². The quantitative estimate of drug-likeness (QED) is 0.585. The molecule has 0 saturated carbocycles. The molecular formula is C13H21N3O2. The second kappa shape index (κ2) is 8.63. The minimum absolute atomic E-state index is 0.0387. The third kappa shape index (κ3) is 5.77. The number of hydrogen-bond acceptors (Lipinski definition) is 4. The van der Waals surface area contributed by atoms with Crippen molar-refractivity contribution >= 4 is 5.91 Å². The van der Waals surface area contributed by atoms with Crippen LogP contribution in [0.25, 0.3) is 0 Å². The maximum atomic E-state index is 11.6. The summed E-state index contributed by atoms with van der Waals surface area (Å²) in [7, 11) is 0. The number of carbonyl (C=O) groups excluding carboxylic acids is 1. The van der Waals surface area contributed by atoms with E-state index in [9.17, 15) is 4.79 Å². The number of carbonyl (C=O) groups is 1. The molecule has 0 fully saturated rings. The minimum atomic E-state index is -0.0650. The van der Waals surface area contributed by atoms with E-state index in [2.05, 4.69) is 5.32 Å². The normalized spacial score (nSPS) is 10.6. The van der Waals surface area contributed by atoms with Crippen LogP contribution in [0, 0.1) is 0 Å². The summed E-state index contributed by atoms with van der Waals surface area (Å²) in [4.78, 5) is 13.5. The molecule has 5 nitrogen and oxygen atoms in total. The summed E-state index contributed by atoms with van der Waals surface area (Å²) >= 11 is 0. The Morgan fingerprint density at radius 3 is 2.67 bits per heavy atom. The highest BCUT2D eigenvalue weighted by Gasteiger charge is 2.10. The molecule has 1 aromatic rings. The Morgan fingerprint density at radius 1 is 1.33 bits per heavy atom. The fraction of sp³-hybridized carbons (Fsp3) is 0.462. The molecule has 0 heterocycles. The van der Waals surface area contributed by atoms with Crippen molar-refractivity contribution in [3.05, 3.63) is 35.9 Å². The lowest BCUT2D eigenvalue weighted by atomic mass is 10.2. The predicted molar refractivity (Wildman–Crippen MR) is 70.9 cm³/mol. The van der Waals surface area contributed by atoms with Crippen molar-refractivity contribution in [2.75, 3.05) is 32.8 Å². The van der Waals surface area contributed by atoms with Crippen molar-refractivity contribution in [1.82, 2.24) is 10.2 Å². The van der Waals surface area contributed by atoms with Gasteiger partial charge in [-0.05, 0) is 5.56 Å². The number of hydrogen-bond donors (Lipinski definition) is 3. The molecular weight excluding hydrogens is 230 g/mol. The van der Waals surface area contributed by atoms with Gasteiger partial charge in [-0.15, -0.1) is 0 Å². The van der Waals surface area contributed by atoms with Crippen LogP contribution in [0.2, 0.25) is 0 Å². The van der Waals surface area contributed by atoms with Crippen LogP contribution in [-0.2, 0) is 11.3 Å². The van der Waals surface area contributed by atoms with Gasteiger partial charge in [0.1, 0.15) is 0 Å². The molecule has 0 spiro atoms. The molecule has 0 aliphatic heterocycles. The van der Waals surface area contributed by atoms with Gasteiger partial charge < -0.3 is 16.2 Å². The van der Waals surface area contributed by atoms with Crippen LogP contribution in [0.5, 0.6) is 0 Å². The lowest BCUT2D eigenvalue weighted by molar-refractivity contribution is -0.122. The Morgan fingerprint density at radius 2 is 2.06 bits per heavy atom. The first kappa shape index (κ1) is 14.6. The van der Waals surface area contributed by atoms with Gasteiger partial charge in [0, 0.05) is 26.2 Å². The van der Waals surface area contributed by atoms with Crippen LogP contribution in [0.1, 0.15) is 5.56 Å². The molecule has 0 aliphatic carbocycles. The van der Waals surface area contributed by atoms with Gasteiger partial charge in [0.2, 0.25) is 5.91 Å². The highest BCUT2D eigenvalue weighted by Crippen LogP contribution is 2.03. The first-order valence-electron chi connectivity index (χ1n) is 6.10. The Kier molecular flexibility index (Phi) is 7.01. The maximum absolute atomic E-state index is 11.6. The summed E-state index contributed by atoms with van der Waals surface area (Å²) in [6, 6.07) is 9.88. The lowest BCUT2D eigenvalue weighted by Crippen LogP contribution is -2.39. The van der Waals surface area contributed by atoms with E-state index < -0.39 is 0 Å². The molecule has 1 rings (SSSR count). The average Bonchev–Trinajstić information content (AvgIpc) is 2.38. The van der Waals surface area contributed by atoms with E-state index in [1.165, 1.54) is 0 Å². The zero-order valence-electron chi connectivity index (χ0n) is 10.5. The van der Waals surface area contributed by atoms with E-state index in [-0.39, 0.29) is 19.1 Å². The maximum Gasteiger partial charge on any atom is 0.234 e. The van der Waals surface area contributed by atoms with Crippen LogP contribution >= 0.6 is 0 Å². The number of nitrogens with two attached hydrogens (primary N) is 1. The van der Waals surface area contributed by atoms with E-state index in [1.807, 2.05) is 35.2 Å². The highest BCUT2D eigenvalue weighted by molar-refractivity contribution is 5.77. The summed E-state index contributed by atoms with van der Waals surface area (Å²) in [5.74, 6) is -0.0650. The van der Waals surface area contributed by atoms with Crippen LogP contribution in [-0.4, -0.2) is 48.7 Å². The summed E-state index contributed by atoms with van der Waals surface area (Å²) < 4.78 is 0. The zero-order chi connectivity index (χ0) is 13.2. The third-order valence-corrected chi connectivity index (χ3v) is 2.50. The minimum Gasteiger partial charge on any atom is -0.395 e. The number of aliphatic hydroxyl groups is 1. The van der Waals surface area contributed by atoms with Gasteiger partial charge in [-0.25, -0.2) is 0 Å². The summed E-state index contributed by atoms with van der Waals surface area (Å²) in [6.07, 6.45) is 0. The first-order chi connectivity index (χ1) is 8.76. The highest BCUT2D eigenvalue weighted by atomic mass is 16.3. The first-order valence-corrected chi connectivity index (χ1v) is 6.10. The topological polar surface area (TPSA) is 78.6 Å². The molecule has 1 amide bonds. The largest absolute Gasteiger partial charge is 0.395 e. The number of nitrogens with zero attached hydrogens (tertiary/aromatic N) is 1. The van der Waals surface area contributed by atoms with Gasteiger partial charge in [0.15, 0.2) is 0 Å². The van der Waals surface area contributed by atoms with Crippen molar-refractivity contribution in [2.24, 2.45) is 5.73 Å². The Hall–Kier alpha value is -1.43. The van der Waals surface area contributed by atoms with Crippen LogP contribution < -0.4 is 11.1 Å². The molecule has 0 aromatic heterocycles. The Labute approximate surface area is 108 Å². The van der Waals surface area contributed by atoms with Crippen LogP contribution in [0.4, 0.5) is 0 Å². The van der Waals surface area contributed by atoms with Crippen molar-refractivity contribution in [1.29, 1.82) is 0 Å². The molecule has 0 saturated heterocycles. The molecule has 0 aliphatic rings. The summed E-state index contributed by atoms with van der Waals surface area (Å²) in [5, 5.41) is 11.7. The molecule has 1 aromatic carbocycles. The SMILES string of the molecule is NCCNC(=O)CN(CCO)Cc1ccccc1. The lowest BCUT2D eigenvalue weighted by Gasteiger charge is -2.20. The van der Waals surface area contributed by atoms with E-state index in [1.54, 1.807) is 0 Å². The standard InChI is InChI=1S/C13H21N3O2/c14-6-7-15-13(18)11-16(8-9-17)10-12-4-2-1-3-5-12/h1-5,17H,6-11,14H2,(H,15,18). The molecule has 0 bridgehead atoms. The molecule has 0 atom stereocenters. The van der Waals surface area contributed by atoms with E-state index >= 15 is 0 Å². The van der Waals surface area contributed by atoms with Gasteiger partial charge in [-0.2, -0.15) is 0 Å². The van der Waals surface area contributed by atoms with Gasteiger partial charge in [-0.3, -0.25) is 9.69 Å². The molecule has 4 N–H and O–H groups in total. The molecule has 18 heavy (non-hydrogen) atoms. The van der Waals surface area contributed by atoms with E-state index in [0.717, 1.165) is 5.56 Å².